The van der Waals surface area contributed by atoms with Gasteiger partial charge in [0.05, 0.1) is 11.9 Å². The van der Waals surface area contributed by atoms with E-state index in [2.05, 4.69) is 5.32 Å². The molecule has 0 saturated carbocycles. The summed E-state index contributed by atoms with van der Waals surface area (Å²) in [5.74, 6) is -1.32. The van der Waals surface area contributed by atoms with Crippen LogP contribution in [-0.2, 0) is 26.2 Å². The summed E-state index contributed by atoms with van der Waals surface area (Å²) < 4.78 is 39.3. The average Bonchev–Trinajstić information content (AvgIpc) is 2.71. The van der Waals surface area contributed by atoms with Crippen LogP contribution in [0.1, 0.15) is 25.0 Å². The minimum absolute atomic E-state index is 0.0305. The van der Waals surface area contributed by atoms with Crippen LogP contribution in [0.5, 0.6) is 0 Å². The number of likely N-dealkylation sites (N-methyl/N-ethyl adjacent to an activating group) is 1. The molecule has 0 spiro atoms. The predicted octanol–water partition coefficient (Wildman–Crippen LogP) is 2.45. The SMILES string of the molecule is CCNC(=O)[C@@H](C)N(Cc1ccc(F)cc1)C(=O)CN(c1ccccc1C)S(C)(=O)=O. The fourth-order valence-corrected chi connectivity index (χ4v) is 4.04. The third kappa shape index (κ3) is 6.52. The Bertz CT molecular complexity index is 1030. The Morgan fingerprint density at radius 1 is 1.10 bits per heavy atom. The normalized spacial score (nSPS) is 12.2. The molecule has 0 bridgehead atoms. The van der Waals surface area contributed by atoms with Crippen molar-refractivity contribution in [3.63, 3.8) is 0 Å². The molecular formula is C22H28FN3O4S. The van der Waals surface area contributed by atoms with E-state index in [0.717, 1.165) is 10.6 Å². The molecule has 0 heterocycles. The van der Waals surface area contributed by atoms with Crippen molar-refractivity contribution in [3.05, 3.63) is 65.5 Å². The summed E-state index contributed by atoms with van der Waals surface area (Å²) in [7, 11) is -3.77. The molecule has 1 N–H and O–H groups in total. The number of amides is 2. The number of nitrogens with one attached hydrogen (secondary N) is 1. The number of carbonyl (C=O) groups is 2. The van der Waals surface area contributed by atoms with E-state index in [0.29, 0.717) is 23.4 Å². The maximum Gasteiger partial charge on any atom is 0.244 e. The van der Waals surface area contributed by atoms with Gasteiger partial charge in [0.15, 0.2) is 0 Å². The summed E-state index contributed by atoms with van der Waals surface area (Å²) in [5, 5.41) is 2.68. The first-order valence-electron chi connectivity index (χ1n) is 9.89. The maximum absolute atomic E-state index is 13.3. The van der Waals surface area contributed by atoms with E-state index >= 15 is 0 Å². The van der Waals surface area contributed by atoms with Gasteiger partial charge in [-0.3, -0.25) is 13.9 Å². The van der Waals surface area contributed by atoms with E-state index in [9.17, 15) is 22.4 Å². The fourth-order valence-electron chi connectivity index (χ4n) is 3.13. The lowest BCUT2D eigenvalue weighted by Gasteiger charge is -2.31. The zero-order valence-corrected chi connectivity index (χ0v) is 18.9. The van der Waals surface area contributed by atoms with Crippen molar-refractivity contribution >= 4 is 27.5 Å². The Labute approximate surface area is 182 Å². The number of para-hydroxylation sites is 1. The second-order valence-electron chi connectivity index (χ2n) is 7.27. The zero-order chi connectivity index (χ0) is 23.2. The molecule has 0 fully saturated rings. The highest BCUT2D eigenvalue weighted by atomic mass is 32.2. The van der Waals surface area contributed by atoms with Gasteiger partial charge in [0.25, 0.3) is 0 Å². The van der Waals surface area contributed by atoms with Gasteiger partial charge < -0.3 is 10.2 Å². The molecule has 9 heteroatoms. The molecule has 1 atom stereocenters. The molecule has 0 radical (unpaired) electrons. The number of carbonyl (C=O) groups excluding carboxylic acids is 2. The summed E-state index contributed by atoms with van der Waals surface area (Å²) in [6, 6.07) is 11.6. The van der Waals surface area contributed by atoms with Gasteiger partial charge in [0.2, 0.25) is 21.8 Å². The smallest absolute Gasteiger partial charge is 0.244 e. The number of sulfonamides is 1. The van der Waals surface area contributed by atoms with Gasteiger partial charge in [0, 0.05) is 13.1 Å². The van der Waals surface area contributed by atoms with Gasteiger partial charge in [-0.2, -0.15) is 0 Å². The van der Waals surface area contributed by atoms with Crippen LogP contribution in [0.3, 0.4) is 0 Å². The minimum Gasteiger partial charge on any atom is -0.355 e. The molecule has 2 aromatic carbocycles. The van der Waals surface area contributed by atoms with Crippen LogP contribution in [0.4, 0.5) is 10.1 Å². The molecule has 0 aliphatic carbocycles. The summed E-state index contributed by atoms with van der Waals surface area (Å²) in [6.07, 6.45) is 1.03. The van der Waals surface area contributed by atoms with Gasteiger partial charge in [-0.1, -0.05) is 30.3 Å². The molecule has 0 saturated heterocycles. The minimum atomic E-state index is -3.77. The molecule has 2 aromatic rings. The maximum atomic E-state index is 13.3. The first-order valence-corrected chi connectivity index (χ1v) is 11.7. The number of hydrogen-bond acceptors (Lipinski definition) is 4. The largest absolute Gasteiger partial charge is 0.355 e. The summed E-state index contributed by atoms with van der Waals surface area (Å²) in [4.78, 5) is 27.0. The number of hydrogen-bond donors (Lipinski definition) is 1. The molecular weight excluding hydrogens is 421 g/mol. The van der Waals surface area contributed by atoms with E-state index in [1.165, 1.54) is 29.2 Å². The molecule has 168 valence electrons. The van der Waals surface area contributed by atoms with Crippen LogP contribution in [0, 0.1) is 12.7 Å². The van der Waals surface area contributed by atoms with Gasteiger partial charge in [0.1, 0.15) is 18.4 Å². The highest BCUT2D eigenvalue weighted by Crippen LogP contribution is 2.22. The van der Waals surface area contributed by atoms with E-state index in [1.807, 2.05) is 0 Å². The Balaban J connectivity index is 2.38. The number of aryl methyl sites for hydroxylation is 1. The summed E-state index contributed by atoms with van der Waals surface area (Å²) >= 11 is 0. The van der Waals surface area contributed by atoms with Crippen LogP contribution < -0.4 is 9.62 Å². The number of rotatable bonds is 9. The van der Waals surface area contributed by atoms with Gasteiger partial charge >= 0.3 is 0 Å². The van der Waals surface area contributed by atoms with Crippen molar-refractivity contribution in [2.75, 3.05) is 23.7 Å². The average molecular weight is 450 g/mol. The molecule has 0 aromatic heterocycles. The third-order valence-corrected chi connectivity index (χ3v) is 5.97. The lowest BCUT2D eigenvalue weighted by atomic mass is 10.1. The third-order valence-electron chi connectivity index (χ3n) is 4.85. The van der Waals surface area contributed by atoms with Crippen LogP contribution >= 0.6 is 0 Å². The van der Waals surface area contributed by atoms with E-state index in [1.54, 1.807) is 45.0 Å². The van der Waals surface area contributed by atoms with Gasteiger partial charge in [-0.05, 0) is 50.1 Å². The van der Waals surface area contributed by atoms with Crippen molar-refractivity contribution in [1.82, 2.24) is 10.2 Å². The van der Waals surface area contributed by atoms with Crippen molar-refractivity contribution in [1.29, 1.82) is 0 Å². The molecule has 0 aliphatic rings. The van der Waals surface area contributed by atoms with E-state index in [-0.39, 0.29) is 12.5 Å². The quantitative estimate of drug-likeness (QED) is 0.637. The van der Waals surface area contributed by atoms with Crippen LogP contribution in [0.15, 0.2) is 48.5 Å². The topological polar surface area (TPSA) is 86.8 Å². The van der Waals surface area contributed by atoms with Crippen molar-refractivity contribution in [3.8, 4) is 0 Å². The second kappa shape index (κ2) is 10.4. The first-order chi connectivity index (χ1) is 14.5. The summed E-state index contributed by atoms with van der Waals surface area (Å²) in [5.41, 5.74) is 1.71. The zero-order valence-electron chi connectivity index (χ0n) is 18.1. The Morgan fingerprint density at radius 2 is 1.71 bits per heavy atom. The predicted molar refractivity (Wildman–Crippen MR) is 118 cm³/mol. The van der Waals surface area contributed by atoms with Crippen molar-refractivity contribution < 1.29 is 22.4 Å². The number of benzene rings is 2. The highest BCUT2D eigenvalue weighted by Gasteiger charge is 2.30. The number of nitrogens with zero attached hydrogens (tertiary/aromatic N) is 2. The Morgan fingerprint density at radius 3 is 2.26 bits per heavy atom. The summed E-state index contributed by atoms with van der Waals surface area (Å²) in [6.45, 7) is 5.05. The van der Waals surface area contributed by atoms with Gasteiger partial charge in [-0.15, -0.1) is 0 Å². The Hall–Kier alpha value is -2.94. The second-order valence-corrected chi connectivity index (χ2v) is 9.18. The fraction of sp³-hybridized carbons (Fsp3) is 0.364. The van der Waals surface area contributed by atoms with Crippen molar-refractivity contribution in [2.45, 2.75) is 33.4 Å². The molecule has 0 aliphatic heterocycles. The first kappa shape index (κ1) is 24.3. The standard InChI is InChI=1S/C22H28FN3O4S/c1-5-24-22(28)17(3)25(14-18-10-12-19(23)13-11-18)21(27)15-26(31(4,29)30)20-9-7-6-8-16(20)2/h6-13,17H,5,14-15H2,1-4H3,(H,24,28)/t17-/m1/s1. The lowest BCUT2D eigenvalue weighted by Crippen LogP contribution is -2.51. The van der Waals surface area contributed by atoms with Crippen LogP contribution in [0.25, 0.3) is 0 Å². The highest BCUT2D eigenvalue weighted by molar-refractivity contribution is 7.92. The molecule has 2 amide bonds. The van der Waals surface area contributed by atoms with Crippen LogP contribution in [0.2, 0.25) is 0 Å². The number of halogens is 1. The van der Waals surface area contributed by atoms with Crippen LogP contribution in [-0.4, -0.2) is 50.5 Å². The van der Waals surface area contributed by atoms with E-state index < -0.39 is 34.3 Å². The molecule has 2 rings (SSSR count). The molecule has 7 nitrogen and oxygen atoms in total. The van der Waals surface area contributed by atoms with E-state index in [4.69, 9.17) is 0 Å². The number of anilines is 1. The molecule has 0 unspecified atom stereocenters. The molecule has 31 heavy (non-hydrogen) atoms. The Kier molecular flexibility index (Phi) is 8.15. The monoisotopic (exact) mass is 449 g/mol. The van der Waals surface area contributed by atoms with Crippen molar-refractivity contribution in [2.24, 2.45) is 0 Å². The van der Waals surface area contributed by atoms with Gasteiger partial charge in [-0.25, -0.2) is 12.8 Å². The lowest BCUT2D eigenvalue weighted by molar-refractivity contribution is -0.139.